The van der Waals surface area contributed by atoms with Crippen LogP contribution in [-0.4, -0.2) is 36.1 Å². The third-order valence-corrected chi connectivity index (χ3v) is 3.74. The van der Waals surface area contributed by atoms with Gasteiger partial charge in [0.1, 0.15) is 0 Å². The fraction of sp³-hybridized carbons (Fsp3) is 1.00. The van der Waals surface area contributed by atoms with Gasteiger partial charge in [0.05, 0.1) is 0 Å². The van der Waals surface area contributed by atoms with Crippen LogP contribution in [-0.2, 0) is 0 Å². The largest absolute Gasteiger partial charge is 0.314 e. The van der Waals surface area contributed by atoms with Crippen molar-refractivity contribution in [1.29, 1.82) is 0 Å². The third-order valence-electron chi connectivity index (χ3n) is 3.74. The lowest BCUT2D eigenvalue weighted by atomic mass is 9.77. The molecule has 0 aromatic carbocycles. The maximum absolute atomic E-state index is 3.59. The van der Waals surface area contributed by atoms with E-state index in [1.807, 2.05) is 0 Å². The molecule has 1 saturated carbocycles. The topological polar surface area (TPSA) is 15.3 Å². The monoisotopic (exact) mass is 226 g/mol. The molecule has 2 unspecified atom stereocenters. The minimum absolute atomic E-state index is 0.625. The van der Waals surface area contributed by atoms with Crippen molar-refractivity contribution in [2.24, 2.45) is 5.92 Å². The summed E-state index contributed by atoms with van der Waals surface area (Å²) in [6.07, 6.45) is 4.10. The molecule has 0 heterocycles. The lowest BCUT2D eigenvalue weighted by Crippen LogP contribution is -2.53. The molecular formula is C14H30N2. The second-order valence-electron chi connectivity index (χ2n) is 5.80. The predicted molar refractivity (Wildman–Crippen MR) is 71.8 cm³/mol. The van der Waals surface area contributed by atoms with Gasteiger partial charge in [0.2, 0.25) is 0 Å². The van der Waals surface area contributed by atoms with Crippen LogP contribution in [0.15, 0.2) is 0 Å². The molecule has 0 aromatic heterocycles. The van der Waals surface area contributed by atoms with E-state index in [0.717, 1.165) is 12.0 Å². The fourth-order valence-electron chi connectivity index (χ4n) is 2.68. The molecule has 2 nitrogen and oxygen atoms in total. The second kappa shape index (κ2) is 6.61. The molecule has 0 aliphatic heterocycles. The highest BCUT2D eigenvalue weighted by Gasteiger charge is 2.35. The van der Waals surface area contributed by atoms with Gasteiger partial charge in [-0.05, 0) is 52.1 Å². The predicted octanol–water partition coefficient (Wildman–Crippen LogP) is 2.88. The molecule has 1 N–H and O–H groups in total. The van der Waals surface area contributed by atoms with E-state index < -0.39 is 0 Å². The minimum Gasteiger partial charge on any atom is -0.314 e. The van der Waals surface area contributed by atoms with Gasteiger partial charge in [0, 0.05) is 18.1 Å². The first-order valence-electron chi connectivity index (χ1n) is 7.05. The Morgan fingerprint density at radius 2 is 1.88 bits per heavy atom. The maximum atomic E-state index is 3.59. The van der Waals surface area contributed by atoms with E-state index in [4.69, 9.17) is 0 Å². The van der Waals surface area contributed by atoms with Gasteiger partial charge in [-0.2, -0.15) is 0 Å². The van der Waals surface area contributed by atoms with Crippen LogP contribution < -0.4 is 5.32 Å². The van der Waals surface area contributed by atoms with Gasteiger partial charge in [0.25, 0.3) is 0 Å². The average molecular weight is 226 g/mol. The Kier molecular flexibility index (Phi) is 5.77. The first kappa shape index (κ1) is 14.0. The van der Waals surface area contributed by atoms with Crippen LogP contribution in [0.5, 0.6) is 0 Å². The molecule has 96 valence electrons. The molecule has 1 rings (SSSR count). The molecule has 1 aliphatic carbocycles. The number of nitrogens with zero attached hydrogens (tertiary/aromatic N) is 1. The molecule has 16 heavy (non-hydrogen) atoms. The van der Waals surface area contributed by atoms with E-state index in [0.29, 0.717) is 12.1 Å². The standard InChI is InChI=1S/C14H30N2/c1-6-9-16(12(4)5)14-8-7-13(14)10-15-11(2)3/h11-15H,6-10H2,1-5H3. The van der Waals surface area contributed by atoms with Gasteiger partial charge in [-0.15, -0.1) is 0 Å². The van der Waals surface area contributed by atoms with Crippen molar-refractivity contribution in [3.05, 3.63) is 0 Å². The van der Waals surface area contributed by atoms with Gasteiger partial charge >= 0.3 is 0 Å². The molecule has 0 aromatic rings. The van der Waals surface area contributed by atoms with E-state index in [-0.39, 0.29) is 0 Å². The molecule has 0 radical (unpaired) electrons. The number of nitrogens with one attached hydrogen (secondary N) is 1. The number of rotatable bonds is 7. The van der Waals surface area contributed by atoms with Crippen molar-refractivity contribution in [2.45, 2.75) is 72.0 Å². The Morgan fingerprint density at radius 1 is 1.19 bits per heavy atom. The summed E-state index contributed by atoms with van der Waals surface area (Å²) in [5.41, 5.74) is 0. The Morgan fingerprint density at radius 3 is 2.25 bits per heavy atom. The highest BCUT2D eigenvalue weighted by atomic mass is 15.2. The molecule has 2 heteroatoms. The Labute approximate surface area is 102 Å². The molecular weight excluding hydrogens is 196 g/mol. The summed E-state index contributed by atoms with van der Waals surface area (Å²) in [4.78, 5) is 2.70. The first-order chi connectivity index (χ1) is 7.56. The maximum Gasteiger partial charge on any atom is 0.0138 e. The summed E-state index contributed by atoms with van der Waals surface area (Å²) in [5, 5.41) is 3.59. The molecule has 0 amide bonds. The van der Waals surface area contributed by atoms with Crippen LogP contribution in [0.4, 0.5) is 0 Å². The average Bonchev–Trinajstić information content (AvgIpc) is 2.14. The summed E-state index contributed by atoms with van der Waals surface area (Å²) in [6, 6.07) is 2.16. The Hall–Kier alpha value is -0.0800. The van der Waals surface area contributed by atoms with Crippen LogP contribution in [0.1, 0.15) is 53.9 Å². The minimum atomic E-state index is 0.625. The fourth-order valence-corrected chi connectivity index (χ4v) is 2.68. The van der Waals surface area contributed by atoms with Crippen molar-refractivity contribution >= 4 is 0 Å². The van der Waals surface area contributed by atoms with Gasteiger partial charge < -0.3 is 5.32 Å². The third kappa shape index (κ3) is 3.74. The zero-order valence-corrected chi connectivity index (χ0v) is 11.8. The van der Waals surface area contributed by atoms with Crippen LogP contribution in [0.25, 0.3) is 0 Å². The van der Waals surface area contributed by atoms with Crippen molar-refractivity contribution in [3.8, 4) is 0 Å². The van der Waals surface area contributed by atoms with Gasteiger partial charge in [-0.1, -0.05) is 20.8 Å². The number of hydrogen-bond donors (Lipinski definition) is 1. The normalized spacial score (nSPS) is 25.5. The molecule has 1 fully saturated rings. The SMILES string of the molecule is CCCN(C(C)C)C1CCC1CNC(C)C. The first-order valence-corrected chi connectivity index (χ1v) is 7.05. The van der Waals surface area contributed by atoms with Crippen LogP contribution in [0, 0.1) is 5.92 Å². The summed E-state index contributed by atoms with van der Waals surface area (Å²) in [6.45, 7) is 13.9. The highest BCUT2D eigenvalue weighted by Crippen LogP contribution is 2.33. The number of hydrogen-bond acceptors (Lipinski definition) is 2. The summed E-state index contributed by atoms with van der Waals surface area (Å²) in [7, 11) is 0. The summed E-state index contributed by atoms with van der Waals surface area (Å²) < 4.78 is 0. The second-order valence-corrected chi connectivity index (χ2v) is 5.80. The van der Waals surface area contributed by atoms with Crippen molar-refractivity contribution < 1.29 is 0 Å². The molecule has 0 spiro atoms. The molecule has 1 aliphatic rings. The Balaban J connectivity index is 2.39. The lowest BCUT2D eigenvalue weighted by molar-refractivity contribution is 0.0371. The van der Waals surface area contributed by atoms with E-state index in [1.165, 1.54) is 32.4 Å². The van der Waals surface area contributed by atoms with Gasteiger partial charge in [-0.25, -0.2) is 0 Å². The smallest absolute Gasteiger partial charge is 0.0138 e. The van der Waals surface area contributed by atoms with Crippen LogP contribution in [0.3, 0.4) is 0 Å². The van der Waals surface area contributed by atoms with E-state index in [9.17, 15) is 0 Å². The Bertz CT molecular complexity index is 189. The van der Waals surface area contributed by atoms with Gasteiger partial charge in [0.15, 0.2) is 0 Å². The van der Waals surface area contributed by atoms with Crippen LogP contribution >= 0.6 is 0 Å². The van der Waals surface area contributed by atoms with Gasteiger partial charge in [-0.3, -0.25) is 4.90 Å². The zero-order valence-electron chi connectivity index (χ0n) is 11.8. The van der Waals surface area contributed by atoms with Crippen LogP contribution in [0.2, 0.25) is 0 Å². The zero-order chi connectivity index (χ0) is 12.1. The lowest BCUT2D eigenvalue weighted by Gasteiger charge is -2.46. The molecule has 2 atom stereocenters. The molecule has 0 saturated heterocycles. The highest BCUT2D eigenvalue weighted by molar-refractivity contribution is 4.91. The summed E-state index contributed by atoms with van der Waals surface area (Å²) >= 11 is 0. The van der Waals surface area contributed by atoms with Crippen molar-refractivity contribution in [2.75, 3.05) is 13.1 Å². The van der Waals surface area contributed by atoms with Crippen molar-refractivity contribution in [3.63, 3.8) is 0 Å². The van der Waals surface area contributed by atoms with E-state index in [1.54, 1.807) is 0 Å². The quantitative estimate of drug-likeness (QED) is 0.718. The molecule has 0 bridgehead atoms. The van der Waals surface area contributed by atoms with Crippen molar-refractivity contribution in [1.82, 2.24) is 10.2 Å². The summed E-state index contributed by atoms with van der Waals surface area (Å²) in [5.74, 6) is 0.886. The van der Waals surface area contributed by atoms with E-state index >= 15 is 0 Å². The van der Waals surface area contributed by atoms with E-state index in [2.05, 4.69) is 44.8 Å².